The van der Waals surface area contributed by atoms with E-state index >= 15 is 0 Å². The number of rotatable bonds is 7. The zero-order valence-electron chi connectivity index (χ0n) is 15.6. The number of carboxylic acid groups (broad SMARTS) is 1. The van der Waals surface area contributed by atoms with Gasteiger partial charge in [-0.1, -0.05) is 42.5 Å². The monoisotopic (exact) mass is 380 g/mol. The molecule has 1 fully saturated rings. The van der Waals surface area contributed by atoms with Gasteiger partial charge in [-0.2, -0.15) is 0 Å². The first-order valence-corrected chi connectivity index (χ1v) is 9.44. The average Bonchev–Trinajstić information content (AvgIpc) is 3.15. The molecule has 2 amide bonds. The standard InChI is InChI=1S/C22H24N2O4/c25-20(14-17-6-9-18(10-7-17)22(27)28)23-19-12-13-24(15-19)21(26)11-8-16-4-2-1-3-5-16/h1-7,9-10,19H,8,11-15H2,(H,23,25)(H,27,28). The molecule has 2 aromatic rings. The second-order valence-corrected chi connectivity index (χ2v) is 7.06. The first-order chi connectivity index (χ1) is 13.5. The molecular formula is C22H24N2O4. The van der Waals surface area contributed by atoms with Gasteiger partial charge >= 0.3 is 5.97 Å². The predicted octanol–water partition coefficient (Wildman–Crippen LogP) is 2.28. The van der Waals surface area contributed by atoms with Crippen LogP contribution >= 0.6 is 0 Å². The van der Waals surface area contributed by atoms with Gasteiger partial charge in [0.2, 0.25) is 11.8 Å². The summed E-state index contributed by atoms with van der Waals surface area (Å²) in [4.78, 5) is 37.3. The number of nitrogens with zero attached hydrogens (tertiary/aromatic N) is 1. The molecule has 0 bridgehead atoms. The Morgan fingerprint density at radius 2 is 1.71 bits per heavy atom. The molecule has 1 atom stereocenters. The molecule has 0 saturated carbocycles. The van der Waals surface area contributed by atoms with E-state index in [0.29, 0.717) is 19.5 Å². The number of nitrogens with one attached hydrogen (secondary N) is 1. The number of benzene rings is 2. The summed E-state index contributed by atoms with van der Waals surface area (Å²) in [7, 11) is 0. The molecule has 1 saturated heterocycles. The Morgan fingerprint density at radius 1 is 1.00 bits per heavy atom. The van der Waals surface area contributed by atoms with Crippen molar-refractivity contribution in [3.63, 3.8) is 0 Å². The zero-order valence-corrected chi connectivity index (χ0v) is 15.6. The first kappa shape index (κ1) is 19.6. The molecule has 1 aliphatic rings. The Labute approximate surface area is 164 Å². The van der Waals surface area contributed by atoms with Gasteiger partial charge in [0, 0.05) is 25.6 Å². The Balaban J connectivity index is 1.42. The largest absolute Gasteiger partial charge is 0.478 e. The van der Waals surface area contributed by atoms with Gasteiger partial charge in [-0.05, 0) is 36.1 Å². The summed E-state index contributed by atoms with van der Waals surface area (Å²) in [5.74, 6) is -0.990. The van der Waals surface area contributed by atoms with Crippen molar-refractivity contribution in [1.82, 2.24) is 10.2 Å². The highest BCUT2D eigenvalue weighted by Crippen LogP contribution is 2.13. The number of likely N-dealkylation sites (tertiary alicyclic amines) is 1. The lowest BCUT2D eigenvalue weighted by atomic mass is 10.1. The quantitative estimate of drug-likeness (QED) is 0.772. The van der Waals surface area contributed by atoms with Crippen LogP contribution in [-0.2, 0) is 22.4 Å². The molecule has 146 valence electrons. The summed E-state index contributed by atoms with van der Waals surface area (Å²) >= 11 is 0. The van der Waals surface area contributed by atoms with Crippen molar-refractivity contribution in [2.75, 3.05) is 13.1 Å². The maximum absolute atomic E-state index is 12.4. The fourth-order valence-electron chi connectivity index (χ4n) is 3.39. The minimum atomic E-state index is -0.987. The second-order valence-electron chi connectivity index (χ2n) is 7.06. The van der Waals surface area contributed by atoms with E-state index < -0.39 is 5.97 Å². The SMILES string of the molecule is O=C(Cc1ccc(C(=O)O)cc1)NC1CCN(C(=O)CCc2ccccc2)C1. The number of aryl methyl sites for hydroxylation is 1. The van der Waals surface area contributed by atoms with Crippen molar-refractivity contribution in [3.05, 3.63) is 71.3 Å². The Morgan fingerprint density at radius 3 is 2.39 bits per heavy atom. The van der Waals surface area contributed by atoms with Gasteiger partial charge in [0.1, 0.15) is 0 Å². The Hall–Kier alpha value is -3.15. The number of hydrogen-bond donors (Lipinski definition) is 2. The molecule has 1 heterocycles. The number of carboxylic acids is 1. The van der Waals surface area contributed by atoms with Crippen LogP contribution in [0.1, 0.15) is 34.3 Å². The molecule has 6 heteroatoms. The number of amides is 2. The fraction of sp³-hybridized carbons (Fsp3) is 0.318. The van der Waals surface area contributed by atoms with Gasteiger partial charge in [-0.3, -0.25) is 9.59 Å². The van der Waals surface area contributed by atoms with Crippen molar-refractivity contribution >= 4 is 17.8 Å². The van der Waals surface area contributed by atoms with E-state index in [1.807, 2.05) is 35.2 Å². The Bertz CT molecular complexity index is 833. The molecule has 0 aliphatic carbocycles. The van der Waals surface area contributed by atoms with E-state index in [4.69, 9.17) is 5.11 Å². The topological polar surface area (TPSA) is 86.7 Å². The van der Waals surface area contributed by atoms with E-state index in [0.717, 1.165) is 24.0 Å². The van der Waals surface area contributed by atoms with Gasteiger partial charge in [0.15, 0.2) is 0 Å². The summed E-state index contributed by atoms with van der Waals surface area (Å²) in [6.07, 6.45) is 2.14. The van der Waals surface area contributed by atoms with Gasteiger partial charge in [-0.15, -0.1) is 0 Å². The highest BCUT2D eigenvalue weighted by molar-refractivity contribution is 5.87. The first-order valence-electron chi connectivity index (χ1n) is 9.44. The van der Waals surface area contributed by atoms with Gasteiger partial charge in [-0.25, -0.2) is 4.79 Å². The lowest BCUT2D eigenvalue weighted by molar-refractivity contribution is -0.130. The summed E-state index contributed by atoms with van der Waals surface area (Å²) in [5.41, 5.74) is 2.11. The zero-order chi connectivity index (χ0) is 19.9. The minimum absolute atomic E-state index is 0.0357. The van der Waals surface area contributed by atoms with Gasteiger partial charge in [0.25, 0.3) is 0 Å². The molecule has 1 aliphatic heterocycles. The van der Waals surface area contributed by atoms with E-state index in [1.165, 1.54) is 12.1 Å². The summed E-state index contributed by atoms with van der Waals surface area (Å²) < 4.78 is 0. The van der Waals surface area contributed by atoms with E-state index in [1.54, 1.807) is 12.1 Å². The fourth-order valence-corrected chi connectivity index (χ4v) is 3.39. The smallest absolute Gasteiger partial charge is 0.335 e. The molecule has 2 aromatic carbocycles. The van der Waals surface area contributed by atoms with Crippen LogP contribution in [0.25, 0.3) is 0 Å². The van der Waals surface area contributed by atoms with Crippen molar-refractivity contribution in [2.24, 2.45) is 0 Å². The molecule has 0 radical (unpaired) electrons. The molecule has 0 aromatic heterocycles. The number of carbonyl (C=O) groups excluding carboxylic acids is 2. The molecule has 6 nitrogen and oxygen atoms in total. The molecule has 3 rings (SSSR count). The van der Waals surface area contributed by atoms with E-state index in [9.17, 15) is 14.4 Å². The van der Waals surface area contributed by atoms with Crippen LogP contribution < -0.4 is 5.32 Å². The van der Waals surface area contributed by atoms with Crippen LogP contribution in [0.5, 0.6) is 0 Å². The van der Waals surface area contributed by atoms with Crippen molar-refractivity contribution in [2.45, 2.75) is 31.7 Å². The molecule has 28 heavy (non-hydrogen) atoms. The van der Waals surface area contributed by atoms with Gasteiger partial charge < -0.3 is 15.3 Å². The number of carbonyl (C=O) groups is 3. The number of hydrogen-bond acceptors (Lipinski definition) is 3. The third kappa shape index (κ3) is 5.42. The van der Waals surface area contributed by atoms with E-state index in [2.05, 4.69) is 5.32 Å². The maximum atomic E-state index is 12.4. The lowest BCUT2D eigenvalue weighted by Crippen LogP contribution is -2.39. The molecule has 1 unspecified atom stereocenters. The van der Waals surface area contributed by atoms with Crippen LogP contribution in [0, 0.1) is 0 Å². The highest BCUT2D eigenvalue weighted by Gasteiger charge is 2.26. The van der Waals surface area contributed by atoms with Crippen LogP contribution in [0.2, 0.25) is 0 Å². The van der Waals surface area contributed by atoms with Gasteiger partial charge in [0.05, 0.1) is 12.0 Å². The number of aromatic carboxylic acids is 1. The van der Waals surface area contributed by atoms with Crippen molar-refractivity contribution in [1.29, 1.82) is 0 Å². The maximum Gasteiger partial charge on any atom is 0.335 e. The van der Waals surface area contributed by atoms with Crippen molar-refractivity contribution in [3.8, 4) is 0 Å². The second kappa shape index (κ2) is 9.17. The minimum Gasteiger partial charge on any atom is -0.478 e. The van der Waals surface area contributed by atoms with Crippen molar-refractivity contribution < 1.29 is 19.5 Å². The summed E-state index contributed by atoms with van der Waals surface area (Å²) in [6.45, 7) is 1.20. The summed E-state index contributed by atoms with van der Waals surface area (Å²) in [5, 5.41) is 11.9. The van der Waals surface area contributed by atoms with Crippen LogP contribution in [0.15, 0.2) is 54.6 Å². The molecular weight excluding hydrogens is 356 g/mol. The van der Waals surface area contributed by atoms with Crippen LogP contribution in [0.4, 0.5) is 0 Å². The molecule has 0 spiro atoms. The lowest BCUT2D eigenvalue weighted by Gasteiger charge is -2.17. The molecule has 2 N–H and O–H groups in total. The normalized spacial score (nSPS) is 16.0. The third-order valence-electron chi connectivity index (χ3n) is 4.94. The highest BCUT2D eigenvalue weighted by atomic mass is 16.4. The van der Waals surface area contributed by atoms with Crippen LogP contribution in [0.3, 0.4) is 0 Å². The third-order valence-corrected chi connectivity index (χ3v) is 4.94. The van der Waals surface area contributed by atoms with E-state index in [-0.39, 0.29) is 29.8 Å². The average molecular weight is 380 g/mol. The summed E-state index contributed by atoms with van der Waals surface area (Å²) in [6, 6.07) is 16.2. The predicted molar refractivity (Wildman–Crippen MR) is 105 cm³/mol. The Kier molecular flexibility index (Phi) is 6.42. The van der Waals surface area contributed by atoms with Crippen LogP contribution in [-0.4, -0.2) is 46.9 Å².